The molecule has 3 unspecified atom stereocenters. The summed E-state index contributed by atoms with van der Waals surface area (Å²) >= 11 is 7.58. The molecule has 0 aliphatic carbocycles. The van der Waals surface area contributed by atoms with E-state index in [0.29, 0.717) is 27.4 Å². The second-order valence-corrected chi connectivity index (χ2v) is 13.7. The number of pyridine rings is 3. The van der Waals surface area contributed by atoms with E-state index in [1.54, 1.807) is 12.3 Å². The first-order valence-corrected chi connectivity index (χ1v) is 14.7. The zero-order valence-electron chi connectivity index (χ0n) is 23.5. The molecular formula is C30H37ClN6OS. The lowest BCUT2D eigenvalue weighted by Gasteiger charge is -2.34. The summed E-state index contributed by atoms with van der Waals surface area (Å²) in [5.41, 5.74) is 2.15. The van der Waals surface area contributed by atoms with Crippen LogP contribution in [0.1, 0.15) is 82.2 Å². The van der Waals surface area contributed by atoms with E-state index in [1.807, 2.05) is 36.4 Å². The highest BCUT2D eigenvalue weighted by Gasteiger charge is 2.43. The lowest BCUT2D eigenvalue weighted by Crippen LogP contribution is -2.40. The normalized spacial score (nSPS) is 23.2. The molecule has 4 bridgehead atoms. The Balaban J connectivity index is 1.59. The number of amides is 1. The van der Waals surface area contributed by atoms with E-state index in [1.165, 1.54) is 11.9 Å². The van der Waals surface area contributed by atoms with E-state index in [9.17, 15) is 4.79 Å². The van der Waals surface area contributed by atoms with Crippen LogP contribution in [-0.2, 0) is 5.41 Å². The molecule has 3 aromatic heterocycles. The van der Waals surface area contributed by atoms with Crippen LogP contribution in [0.4, 0.5) is 11.6 Å². The van der Waals surface area contributed by atoms with E-state index >= 15 is 0 Å². The van der Waals surface area contributed by atoms with Crippen molar-refractivity contribution in [1.29, 1.82) is 0 Å². The lowest BCUT2D eigenvalue weighted by molar-refractivity contribution is 0.0984. The van der Waals surface area contributed by atoms with Gasteiger partial charge in [0, 0.05) is 46.4 Å². The number of aromatic nitrogens is 3. The third kappa shape index (κ3) is 6.02. The molecule has 5 rings (SSSR count). The maximum atomic E-state index is 13.6. The summed E-state index contributed by atoms with van der Waals surface area (Å²) in [5.74, 6) is 2.07. The number of carbonyl (C=O) groups is 1. The average Bonchev–Trinajstić information content (AvgIpc) is 3.20. The fraction of sp³-hybridized carbons (Fsp3) is 0.467. The summed E-state index contributed by atoms with van der Waals surface area (Å²) in [4.78, 5) is 30.5. The van der Waals surface area contributed by atoms with Crippen LogP contribution < -0.4 is 14.9 Å². The van der Waals surface area contributed by atoms with Crippen LogP contribution in [0, 0.1) is 11.8 Å². The molecule has 0 spiro atoms. The molecule has 39 heavy (non-hydrogen) atoms. The Labute approximate surface area is 240 Å². The largest absolute Gasteiger partial charge is 0.362 e. The average molecular weight is 565 g/mol. The van der Waals surface area contributed by atoms with Gasteiger partial charge in [0.25, 0.3) is 5.91 Å². The van der Waals surface area contributed by atoms with Crippen molar-refractivity contribution in [3.63, 3.8) is 0 Å². The van der Waals surface area contributed by atoms with Crippen molar-refractivity contribution in [2.45, 2.75) is 76.4 Å². The number of nitrogens with one attached hydrogen (secondary N) is 2. The van der Waals surface area contributed by atoms with Crippen molar-refractivity contribution in [1.82, 2.24) is 19.7 Å². The first-order valence-electron chi connectivity index (χ1n) is 13.5. The van der Waals surface area contributed by atoms with Crippen molar-refractivity contribution < 1.29 is 4.79 Å². The number of fused-ring (bicyclic) bond motifs is 6. The zero-order valence-corrected chi connectivity index (χ0v) is 25.0. The lowest BCUT2D eigenvalue weighted by atomic mass is 9.83. The smallest absolute Gasteiger partial charge is 0.265 e. The number of nitrogens with zero attached hydrogens (tertiary/aromatic N) is 4. The Bertz CT molecular complexity index is 1370. The van der Waals surface area contributed by atoms with Crippen LogP contribution in [0.3, 0.4) is 0 Å². The van der Waals surface area contributed by atoms with Crippen molar-refractivity contribution in [2.75, 3.05) is 16.8 Å². The highest BCUT2D eigenvalue weighted by atomic mass is 35.5. The molecular weight excluding hydrogens is 528 g/mol. The second kappa shape index (κ2) is 10.6. The van der Waals surface area contributed by atoms with Crippen LogP contribution in [-0.4, -0.2) is 32.9 Å². The number of rotatable bonds is 1. The molecule has 3 atom stereocenters. The summed E-state index contributed by atoms with van der Waals surface area (Å²) < 4.78 is 3.01. The quantitative estimate of drug-likeness (QED) is 0.306. The van der Waals surface area contributed by atoms with Gasteiger partial charge in [-0.1, -0.05) is 45.4 Å². The third-order valence-corrected chi connectivity index (χ3v) is 8.82. The van der Waals surface area contributed by atoms with E-state index < -0.39 is 0 Å². The van der Waals surface area contributed by atoms with Crippen LogP contribution >= 0.6 is 23.5 Å². The molecule has 0 saturated carbocycles. The third-order valence-electron chi connectivity index (χ3n) is 7.86. The Morgan fingerprint density at radius 1 is 1.13 bits per heavy atom. The monoisotopic (exact) mass is 564 g/mol. The molecule has 2 N–H and O–H groups in total. The Morgan fingerprint density at radius 2 is 1.92 bits per heavy atom. The fourth-order valence-electron chi connectivity index (χ4n) is 5.62. The van der Waals surface area contributed by atoms with Gasteiger partial charge in [-0.2, -0.15) is 0 Å². The number of hydrogen-bond donors (Lipinski definition) is 2. The Hall–Kier alpha value is -2.84. The predicted octanol–water partition coefficient (Wildman–Crippen LogP) is 7.06. The van der Waals surface area contributed by atoms with Crippen molar-refractivity contribution in [2.24, 2.45) is 11.8 Å². The molecule has 0 radical (unpaired) electrons. The molecule has 7 nitrogen and oxygen atoms in total. The highest BCUT2D eigenvalue weighted by Crippen LogP contribution is 2.43. The van der Waals surface area contributed by atoms with Crippen LogP contribution in [0.2, 0.25) is 5.02 Å². The van der Waals surface area contributed by atoms with E-state index in [0.717, 1.165) is 42.4 Å². The molecule has 1 fully saturated rings. The summed E-state index contributed by atoms with van der Waals surface area (Å²) in [6.45, 7) is 14.1. The van der Waals surface area contributed by atoms with Gasteiger partial charge in [0.2, 0.25) is 0 Å². The van der Waals surface area contributed by atoms with Crippen molar-refractivity contribution in [3.05, 3.63) is 70.6 Å². The van der Waals surface area contributed by atoms with Gasteiger partial charge in [-0.25, -0.2) is 9.97 Å². The number of hydrogen-bond acceptors (Lipinski definition) is 7. The summed E-state index contributed by atoms with van der Waals surface area (Å²) in [6.07, 6.45) is 3.61. The molecule has 2 aliphatic rings. The van der Waals surface area contributed by atoms with Crippen LogP contribution in [0.25, 0.3) is 0 Å². The number of anilines is 2. The van der Waals surface area contributed by atoms with Crippen molar-refractivity contribution >= 4 is 41.1 Å². The Morgan fingerprint density at radius 3 is 2.67 bits per heavy atom. The molecule has 5 heterocycles. The number of halogens is 1. The topological polar surface area (TPSA) is 83.0 Å². The van der Waals surface area contributed by atoms with Crippen LogP contribution in [0.15, 0.2) is 53.7 Å². The van der Waals surface area contributed by atoms with Crippen LogP contribution in [0.5, 0.6) is 0 Å². The standard InChI is InChI=1S/C30H37ClN6OS/c1-18-14-23(22-15-20(31)12-13-32-22)33-25-8-7-9-26(35-25)39-36-28(38)21-10-11-24(29(2,3)4)34-27(21)37-17-19(18)16-30(37,5)6/h7-13,15,18-19,23H,14,16-17H2,1-6H3,(H,33,35)(H,36,38). The molecule has 1 saturated heterocycles. The molecule has 206 valence electrons. The summed E-state index contributed by atoms with van der Waals surface area (Å²) in [5, 5.41) is 4.96. The Kier molecular flexibility index (Phi) is 7.55. The van der Waals surface area contributed by atoms with Crippen molar-refractivity contribution in [3.8, 4) is 0 Å². The van der Waals surface area contributed by atoms with E-state index in [-0.39, 0.29) is 22.9 Å². The van der Waals surface area contributed by atoms with E-state index in [2.05, 4.69) is 61.5 Å². The maximum Gasteiger partial charge on any atom is 0.265 e. The minimum absolute atomic E-state index is 0.0683. The second-order valence-electron chi connectivity index (χ2n) is 12.4. The van der Waals surface area contributed by atoms with Gasteiger partial charge in [-0.3, -0.25) is 14.5 Å². The molecule has 0 aromatic carbocycles. The maximum absolute atomic E-state index is 13.6. The zero-order chi connectivity index (χ0) is 27.9. The molecule has 3 aromatic rings. The fourth-order valence-corrected chi connectivity index (χ4v) is 6.38. The van der Waals surface area contributed by atoms with Gasteiger partial charge in [0.1, 0.15) is 16.7 Å². The first kappa shape index (κ1) is 27.7. The first-order chi connectivity index (χ1) is 18.4. The minimum Gasteiger partial charge on any atom is -0.362 e. The molecule has 2 aliphatic heterocycles. The molecule has 1 amide bonds. The highest BCUT2D eigenvalue weighted by molar-refractivity contribution is 7.97. The van der Waals surface area contributed by atoms with Gasteiger partial charge in [-0.15, -0.1) is 0 Å². The molecule has 9 heteroatoms. The van der Waals surface area contributed by atoms with Gasteiger partial charge < -0.3 is 10.2 Å². The minimum atomic E-state index is -0.175. The summed E-state index contributed by atoms with van der Waals surface area (Å²) in [7, 11) is 0. The predicted molar refractivity (Wildman–Crippen MR) is 159 cm³/mol. The van der Waals surface area contributed by atoms with Gasteiger partial charge in [0.05, 0.1) is 17.3 Å². The SMILES string of the molecule is CC1CC(c2cc(Cl)ccn2)Nc2cccc(n2)SNC(=O)c2ccc(C(C)(C)C)nc2N2CC1CC2(C)C. The van der Waals surface area contributed by atoms with E-state index in [4.69, 9.17) is 21.6 Å². The summed E-state index contributed by atoms with van der Waals surface area (Å²) in [6, 6.07) is 13.3. The van der Waals surface area contributed by atoms with Gasteiger partial charge in [-0.05, 0) is 74.9 Å². The van der Waals surface area contributed by atoms with Gasteiger partial charge in [0.15, 0.2) is 0 Å². The van der Waals surface area contributed by atoms with Gasteiger partial charge >= 0.3 is 0 Å². The number of carbonyl (C=O) groups excluding carboxylic acids is 1.